The third kappa shape index (κ3) is 3.61. The number of benzene rings is 1. The first kappa shape index (κ1) is 14.1. The molecule has 0 spiro atoms. The molecule has 0 aliphatic carbocycles. The van der Waals surface area contributed by atoms with Gasteiger partial charge in [0.2, 0.25) is 5.88 Å². The van der Waals surface area contributed by atoms with Crippen molar-refractivity contribution in [2.75, 3.05) is 17.7 Å². The van der Waals surface area contributed by atoms with E-state index in [-0.39, 0.29) is 0 Å². The second-order valence-corrected chi connectivity index (χ2v) is 5.54. The van der Waals surface area contributed by atoms with E-state index in [1.807, 2.05) is 31.2 Å². The molecule has 2 rings (SSSR count). The van der Waals surface area contributed by atoms with E-state index in [2.05, 4.69) is 42.2 Å². The minimum Gasteiger partial charge on any atom is -0.476 e. The number of rotatable bonds is 4. The van der Waals surface area contributed by atoms with E-state index in [9.17, 15) is 0 Å². The zero-order valence-electron chi connectivity index (χ0n) is 10.3. The standard InChI is InChI=1S/C13H13Br2N3O/c1-2-19-13-10(16)5-6-12(18-13)17-11-7-8(14)3-4-9(11)15/h3-7H,2,16H2,1H3,(H,17,18). The molecule has 0 atom stereocenters. The average molecular weight is 387 g/mol. The van der Waals surface area contributed by atoms with Crippen LogP contribution in [-0.2, 0) is 0 Å². The summed E-state index contributed by atoms with van der Waals surface area (Å²) in [5.41, 5.74) is 7.23. The van der Waals surface area contributed by atoms with Gasteiger partial charge < -0.3 is 15.8 Å². The monoisotopic (exact) mass is 385 g/mol. The molecule has 0 saturated carbocycles. The van der Waals surface area contributed by atoms with Gasteiger partial charge in [0.05, 0.1) is 18.0 Å². The van der Waals surface area contributed by atoms with Crippen LogP contribution in [0.3, 0.4) is 0 Å². The maximum atomic E-state index is 5.79. The molecule has 0 bridgehead atoms. The predicted octanol–water partition coefficient (Wildman–Crippen LogP) is 4.33. The van der Waals surface area contributed by atoms with E-state index in [4.69, 9.17) is 10.5 Å². The minimum absolute atomic E-state index is 0.443. The number of nitrogens with two attached hydrogens (primary N) is 1. The first-order valence-corrected chi connectivity index (χ1v) is 7.30. The van der Waals surface area contributed by atoms with Crippen molar-refractivity contribution in [1.82, 2.24) is 4.98 Å². The number of nitrogens with one attached hydrogen (secondary N) is 1. The highest BCUT2D eigenvalue weighted by molar-refractivity contribution is 9.11. The van der Waals surface area contributed by atoms with Crippen molar-refractivity contribution in [3.63, 3.8) is 0 Å². The lowest BCUT2D eigenvalue weighted by molar-refractivity contribution is 0.329. The van der Waals surface area contributed by atoms with Crippen LogP contribution in [-0.4, -0.2) is 11.6 Å². The highest BCUT2D eigenvalue weighted by Gasteiger charge is 2.06. The Hall–Kier alpha value is -1.27. The molecule has 0 aliphatic heterocycles. The third-order valence-corrected chi connectivity index (χ3v) is 3.55. The van der Waals surface area contributed by atoms with Gasteiger partial charge in [-0.25, -0.2) is 0 Å². The van der Waals surface area contributed by atoms with Crippen LogP contribution in [0.15, 0.2) is 39.3 Å². The van der Waals surface area contributed by atoms with Gasteiger partial charge in [-0.3, -0.25) is 0 Å². The molecule has 0 amide bonds. The van der Waals surface area contributed by atoms with Crippen LogP contribution < -0.4 is 15.8 Å². The molecule has 0 unspecified atom stereocenters. The van der Waals surface area contributed by atoms with Crippen LogP contribution in [0, 0.1) is 0 Å². The van der Waals surface area contributed by atoms with E-state index in [0.717, 1.165) is 14.6 Å². The van der Waals surface area contributed by atoms with Crippen LogP contribution in [0.1, 0.15) is 6.92 Å². The minimum atomic E-state index is 0.443. The maximum Gasteiger partial charge on any atom is 0.239 e. The molecule has 1 aromatic carbocycles. The van der Waals surface area contributed by atoms with Crippen LogP contribution in [0.5, 0.6) is 5.88 Å². The number of hydrogen-bond acceptors (Lipinski definition) is 4. The van der Waals surface area contributed by atoms with Crippen molar-refractivity contribution in [2.24, 2.45) is 0 Å². The number of nitrogens with zero attached hydrogens (tertiary/aromatic N) is 1. The van der Waals surface area contributed by atoms with Gasteiger partial charge in [0, 0.05) is 8.95 Å². The maximum absolute atomic E-state index is 5.79. The molecule has 6 heteroatoms. The summed E-state index contributed by atoms with van der Waals surface area (Å²) >= 11 is 6.92. The molecular weight excluding hydrogens is 374 g/mol. The largest absolute Gasteiger partial charge is 0.476 e. The summed E-state index contributed by atoms with van der Waals surface area (Å²) in [6, 6.07) is 9.45. The Bertz CT molecular complexity index is 590. The van der Waals surface area contributed by atoms with Gasteiger partial charge in [-0.1, -0.05) is 15.9 Å². The summed E-state index contributed by atoms with van der Waals surface area (Å²) in [5, 5.41) is 3.22. The molecule has 3 N–H and O–H groups in total. The topological polar surface area (TPSA) is 60.2 Å². The summed E-state index contributed by atoms with van der Waals surface area (Å²) < 4.78 is 7.31. The van der Waals surface area contributed by atoms with E-state index < -0.39 is 0 Å². The summed E-state index contributed by atoms with van der Waals surface area (Å²) in [5.74, 6) is 1.12. The first-order valence-electron chi connectivity index (χ1n) is 5.71. The van der Waals surface area contributed by atoms with E-state index >= 15 is 0 Å². The van der Waals surface area contributed by atoms with Gasteiger partial charge in [0.15, 0.2) is 0 Å². The number of ether oxygens (including phenoxy) is 1. The lowest BCUT2D eigenvalue weighted by Gasteiger charge is -2.11. The normalized spacial score (nSPS) is 10.3. The lowest BCUT2D eigenvalue weighted by Crippen LogP contribution is -2.02. The summed E-state index contributed by atoms with van der Waals surface area (Å²) in [6.07, 6.45) is 0. The molecule has 0 fully saturated rings. The van der Waals surface area contributed by atoms with Crippen molar-refractivity contribution in [3.05, 3.63) is 39.3 Å². The Kier molecular flexibility index (Phi) is 4.66. The average Bonchev–Trinajstić information content (AvgIpc) is 2.38. The van der Waals surface area contributed by atoms with Crippen LogP contribution in [0.25, 0.3) is 0 Å². The lowest BCUT2D eigenvalue weighted by atomic mass is 10.3. The van der Waals surface area contributed by atoms with E-state index in [1.54, 1.807) is 6.07 Å². The highest BCUT2D eigenvalue weighted by atomic mass is 79.9. The SMILES string of the molecule is CCOc1nc(Nc2cc(Br)ccc2Br)ccc1N. The summed E-state index contributed by atoms with van der Waals surface area (Å²) in [6.45, 7) is 2.42. The van der Waals surface area contributed by atoms with Gasteiger partial charge in [0.1, 0.15) is 5.82 Å². The Balaban J connectivity index is 2.28. The van der Waals surface area contributed by atoms with E-state index in [0.29, 0.717) is 24.0 Å². The van der Waals surface area contributed by atoms with Gasteiger partial charge in [-0.15, -0.1) is 0 Å². The Morgan fingerprint density at radius 1 is 1.26 bits per heavy atom. The summed E-state index contributed by atoms with van der Waals surface area (Å²) in [7, 11) is 0. The molecule has 0 aliphatic rings. The number of pyridine rings is 1. The van der Waals surface area contributed by atoms with Crippen molar-refractivity contribution in [1.29, 1.82) is 0 Å². The van der Waals surface area contributed by atoms with Crippen molar-refractivity contribution < 1.29 is 4.74 Å². The smallest absolute Gasteiger partial charge is 0.239 e. The predicted molar refractivity (Wildman–Crippen MR) is 84.9 cm³/mol. The van der Waals surface area contributed by atoms with Crippen molar-refractivity contribution in [2.45, 2.75) is 6.92 Å². The van der Waals surface area contributed by atoms with Gasteiger partial charge >= 0.3 is 0 Å². The quantitative estimate of drug-likeness (QED) is 0.820. The second-order valence-electron chi connectivity index (χ2n) is 3.77. The third-order valence-electron chi connectivity index (χ3n) is 2.36. The fourth-order valence-electron chi connectivity index (χ4n) is 1.50. The molecule has 0 saturated heterocycles. The van der Waals surface area contributed by atoms with Crippen molar-refractivity contribution >= 4 is 49.1 Å². The molecule has 2 aromatic rings. The van der Waals surface area contributed by atoms with Gasteiger partial charge in [-0.05, 0) is 53.2 Å². The Morgan fingerprint density at radius 3 is 2.79 bits per heavy atom. The van der Waals surface area contributed by atoms with Gasteiger partial charge in [-0.2, -0.15) is 4.98 Å². The van der Waals surface area contributed by atoms with Crippen LogP contribution in [0.4, 0.5) is 17.2 Å². The molecule has 4 nitrogen and oxygen atoms in total. The fraction of sp³-hybridized carbons (Fsp3) is 0.154. The molecule has 100 valence electrons. The number of anilines is 3. The first-order chi connectivity index (χ1) is 9.10. The highest BCUT2D eigenvalue weighted by Crippen LogP contribution is 2.30. The number of aromatic nitrogens is 1. The van der Waals surface area contributed by atoms with Gasteiger partial charge in [0.25, 0.3) is 0 Å². The number of hydrogen-bond donors (Lipinski definition) is 2. The number of nitrogen functional groups attached to an aromatic ring is 1. The second kappa shape index (κ2) is 6.25. The zero-order chi connectivity index (χ0) is 13.8. The van der Waals surface area contributed by atoms with E-state index in [1.165, 1.54) is 0 Å². The molecule has 1 heterocycles. The van der Waals surface area contributed by atoms with Crippen LogP contribution >= 0.6 is 31.9 Å². The molecule has 19 heavy (non-hydrogen) atoms. The molecule has 1 aromatic heterocycles. The fourth-order valence-corrected chi connectivity index (χ4v) is 2.21. The Morgan fingerprint density at radius 2 is 2.05 bits per heavy atom. The number of halogens is 2. The van der Waals surface area contributed by atoms with Crippen molar-refractivity contribution in [3.8, 4) is 5.88 Å². The summed E-state index contributed by atoms with van der Waals surface area (Å²) in [4.78, 5) is 4.33. The molecule has 0 radical (unpaired) electrons. The molecular formula is C13H13Br2N3O. The zero-order valence-corrected chi connectivity index (χ0v) is 13.5. The Labute approximate surface area is 128 Å². The van der Waals surface area contributed by atoms with Crippen LogP contribution in [0.2, 0.25) is 0 Å².